The molecule has 2 heterocycles. The molecule has 112 valence electrons. The van der Waals surface area contributed by atoms with E-state index >= 15 is 0 Å². The summed E-state index contributed by atoms with van der Waals surface area (Å²) in [5, 5.41) is 0. The van der Waals surface area contributed by atoms with E-state index in [1.54, 1.807) is 17.8 Å². The number of ether oxygens (including phenoxy) is 3. The van der Waals surface area contributed by atoms with Gasteiger partial charge in [-0.25, -0.2) is 0 Å². The van der Waals surface area contributed by atoms with Gasteiger partial charge in [0.25, 0.3) is 0 Å². The molecule has 0 saturated heterocycles. The second-order valence-electron chi connectivity index (χ2n) is 5.25. The van der Waals surface area contributed by atoms with E-state index in [1.807, 2.05) is 12.3 Å². The number of thioether (sulfide) groups is 1. The van der Waals surface area contributed by atoms with E-state index in [-0.39, 0.29) is 18.7 Å². The Morgan fingerprint density at radius 1 is 1.05 bits per heavy atom. The van der Waals surface area contributed by atoms with Crippen molar-refractivity contribution in [2.24, 2.45) is 0 Å². The van der Waals surface area contributed by atoms with Crippen molar-refractivity contribution in [2.45, 2.75) is 17.2 Å². The van der Waals surface area contributed by atoms with Crippen LogP contribution in [0.15, 0.2) is 41.3 Å². The van der Waals surface area contributed by atoms with Crippen LogP contribution in [-0.2, 0) is 4.79 Å². The third-order valence-electron chi connectivity index (χ3n) is 3.99. The van der Waals surface area contributed by atoms with Gasteiger partial charge in [-0.1, -0.05) is 12.1 Å². The number of carbonyl (C=O) groups is 1. The van der Waals surface area contributed by atoms with Crippen LogP contribution in [0.4, 0.5) is 0 Å². The quantitative estimate of drug-likeness (QED) is 0.481. The summed E-state index contributed by atoms with van der Waals surface area (Å²) < 4.78 is 16.2. The summed E-state index contributed by atoms with van der Waals surface area (Å²) in [5.41, 5.74) is 2.08. The summed E-state index contributed by atoms with van der Waals surface area (Å²) in [6.07, 6.45) is 2.38. The molecule has 0 saturated carbocycles. The number of hydrogen-bond acceptors (Lipinski definition) is 5. The molecule has 0 amide bonds. The standard InChI is InChI=1S/C17H14O4S/c1-22-11-4-2-10(3-5-11)12-7-17(18)21-14-8-16-15(6-13(12)14)19-9-20-16/h2-6,8,12H,7,9H2,1H3/t12-/m1/s1. The van der Waals surface area contributed by atoms with Crippen LogP contribution in [-0.4, -0.2) is 19.0 Å². The summed E-state index contributed by atoms with van der Waals surface area (Å²) >= 11 is 1.70. The molecule has 0 bridgehead atoms. The average Bonchev–Trinajstić information content (AvgIpc) is 2.99. The van der Waals surface area contributed by atoms with Gasteiger partial charge in [-0.05, 0) is 30.0 Å². The fourth-order valence-electron chi connectivity index (χ4n) is 2.87. The summed E-state index contributed by atoms with van der Waals surface area (Å²) in [5.74, 6) is 1.68. The van der Waals surface area contributed by atoms with Gasteiger partial charge in [-0.3, -0.25) is 4.79 Å². The van der Waals surface area contributed by atoms with Gasteiger partial charge >= 0.3 is 5.97 Å². The Kier molecular flexibility index (Phi) is 3.22. The van der Waals surface area contributed by atoms with E-state index in [2.05, 4.69) is 24.3 Å². The van der Waals surface area contributed by atoms with Crippen molar-refractivity contribution in [1.29, 1.82) is 0 Å². The molecule has 0 aromatic heterocycles. The Hall–Kier alpha value is -2.14. The highest BCUT2D eigenvalue weighted by molar-refractivity contribution is 7.98. The maximum Gasteiger partial charge on any atom is 0.312 e. The molecule has 1 atom stereocenters. The zero-order chi connectivity index (χ0) is 15.1. The van der Waals surface area contributed by atoms with Crippen molar-refractivity contribution in [3.05, 3.63) is 47.5 Å². The SMILES string of the molecule is CSc1ccc([C@H]2CC(=O)Oc3cc4c(cc32)OCO4)cc1. The highest BCUT2D eigenvalue weighted by Gasteiger charge is 2.31. The Bertz CT molecular complexity index is 739. The molecule has 2 aromatic rings. The highest BCUT2D eigenvalue weighted by Crippen LogP contribution is 2.46. The molecule has 2 aromatic carbocycles. The van der Waals surface area contributed by atoms with Crippen molar-refractivity contribution < 1.29 is 19.0 Å². The topological polar surface area (TPSA) is 44.8 Å². The van der Waals surface area contributed by atoms with Gasteiger partial charge in [0.1, 0.15) is 5.75 Å². The normalized spacial score (nSPS) is 18.8. The zero-order valence-corrected chi connectivity index (χ0v) is 12.8. The largest absolute Gasteiger partial charge is 0.454 e. The molecular formula is C17H14O4S. The smallest absolute Gasteiger partial charge is 0.312 e. The summed E-state index contributed by atoms with van der Waals surface area (Å²) in [7, 11) is 0. The van der Waals surface area contributed by atoms with Crippen molar-refractivity contribution in [2.75, 3.05) is 13.0 Å². The van der Waals surface area contributed by atoms with Crippen LogP contribution in [0.25, 0.3) is 0 Å². The van der Waals surface area contributed by atoms with Gasteiger partial charge in [0, 0.05) is 22.4 Å². The van der Waals surface area contributed by atoms with Crippen molar-refractivity contribution >= 4 is 17.7 Å². The number of hydrogen-bond donors (Lipinski definition) is 0. The number of fused-ring (bicyclic) bond motifs is 2. The number of carbonyl (C=O) groups excluding carboxylic acids is 1. The highest BCUT2D eigenvalue weighted by atomic mass is 32.2. The second-order valence-corrected chi connectivity index (χ2v) is 6.13. The zero-order valence-electron chi connectivity index (χ0n) is 12.0. The van der Waals surface area contributed by atoms with Gasteiger partial charge in [-0.15, -0.1) is 11.8 Å². The first-order valence-corrected chi connectivity index (χ1v) is 8.25. The van der Waals surface area contributed by atoms with Crippen LogP contribution in [0.5, 0.6) is 17.2 Å². The van der Waals surface area contributed by atoms with Crippen LogP contribution in [0.2, 0.25) is 0 Å². The average molecular weight is 314 g/mol. The molecule has 0 fully saturated rings. The van der Waals surface area contributed by atoms with E-state index in [1.165, 1.54) is 4.90 Å². The molecule has 2 aliphatic heterocycles. The van der Waals surface area contributed by atoms with E-state index < -0.39 is 0 Å². The summed E-state index contributed by atoms with van der Waals surface area (Å²) in [6.45, 7) is 0.208. The lowest BCUT2D eigenvalue weighted by atomic mass is 9.86. The molecule has 2 aliphatic rings. The fraction of sp³-hybridized carbons (Fsp3) is 0.235. The van der Waals surface area contributed by atoms with Crippen LogP contribution < -0.4 is 14.2 Å². The first-order chi connectivity index (χ1) is 10.7. The molecule has 4 rings (SSSR count). The molecule has 0 unspecified atom stereocenters. The Balaban J connectivity index is 1.79. The molecule has 0 radical (unpaired) electrons. The van der Waals surface area contributed by atoms with Gasteiger partial charge in [0.05, 0.1) is 6.42 Å². The predicted molar refractivity (Wildman–Crippen MR) is 82.9 cm³/mol. The van der Waals surface area contributed by atoms with Gasteiger partial charge in [0.15, 0.2) is 11.5 Å². The van der Waals surface area contributed by atoms with E-state index in [0.717, 1.165) is 11.1 Å². The first-order valence-electron chi connectivity index (χ1n) is 7.03. The fourth-order valence-corrected chi connectivity index (χ4v) is 3.28. The maximum absolute atomic E-state index is 11.9. The van der Waals surface area contributed by atoms with Crippen molar-refractivity contribution in [1.82, 2.24) is 0 Å². The summed E-state index contributed by atoms with van der Waals surface area (Å²) in [4.78, 5) is 13.1. The van der Waals surface area contributed by atoms with Crippen LogP contribution in [0.1, 0.15) is 23.5 Å². The molecule has 0 N–H and O–H groups in total. The van der Waals surface area contributed by atoms with Gasteiger partial charge in [0.2, 0.25) is 6.79 Å². The Morgan fingerprint density at radius 3 is 2.50 bits per heavy atom. The van der Waals surface area contributed by atoms with E-state index in [4.69, 9.17) is 14.2 Å². The third-order valence-corrected chi connectivity index (χ3v) is 4.74. The number of rotatable bonds is 2. The lowest BCUT2D eigenvalue weighted by Crippen LogP contribution is -2.20. The van der Waals surface area contributed by atoms with Crippen LogP contribution >= 0.6 is 11.8 Å². The predicted octanol–water partition coefficient (Wildman–Crippen LogP) is 3.58. The van der Waals surface area contributed by atoms with Crippen LogP contribution in [0.3, 0.4) is 0 Å². The molecule has 0 spiro atoms. The monoisotopic (exact) mass is 314 g/mol. The first kappa shape index (κ1) is 13.5. The molecule has 5 heteroatoms. The van der Waals surface area contributed by atoms with Crippen LogP contribution in [0, 0.1) is 0 Å². The minimum atomic E-state index is -0.217. The van der Waals surface area contributed by atoms with E-state index in [0.29, 0.717) is 23.7 Å². The second kappa shape index (κ2) is 5.25. The lowest BCUT2D eigenvalue weighted by molar-refractivity contribution is -0.135. The van der Waals surface area contributed by atoms with Gasteiger partial charge < -0.3 is 14.2 Å². The Labute approximate surface area is 132 Å². The lowest BCUT2D eigenvalue weighted by Gasteiger charge is -2.25. The summed E-state index contributed by atoms with van der Waals surface area (Å²) in [6, 6.07) is 12.0. The number of esters is 1. The molecular weight excluding hydrogens is 300 g/mol. The molecule has 22 heavy (non-hydrogen) atoms. The van der Waals surface area contributed by atoms with E-state index in [9.17, 15) is 4.79 Å². The molecule has 0 aliphatic carbocycles. The Morgan fingerprint density at radius 2 is 1.77 bits per heavy atom. The third kappa shape index (κ3) is 2.22. The minimum absolute atomic E-state index is 0.0124. The molecule has 4 nitrogen and oxygen atoms in total. The number of benzene rings is 2. The minimum Gasteiger partial charge on any atom is -0.454 e. The van der Waals surface area contributed by atoms with Crippen molar-refractivity contribution in [3.8, 4) is 17.2 Å². The maximum atomic E-state index is 11.9. The van der Waals surface area contributed by atoms with Crippen molar-refractivity contribution in [3.63, 3.8) is 0 Å². The van der Waals surface area contributed by atoms with Gasteiger partial charge in [-0.2, -0.15) is 0 Å².